The van der Waals surface area contributed by atoms with E-state index in [9.17, 15) is 14.7 Å². The van der Waals surface area contributed by atoms with Gasteiger partial charge in [-0.15, -0.1) is 0 Å². The molecule has 0 saturated heterocycles. The summed E-state index contributed by atoms with van der Waals surface area (Å²) in [5.41, 5.74) is -0.891. The number of rotatable bonds is 8. The Morgan fingerprint density at radius 3 is 2.06 bits per heavy atom. The van der Waals surface area contributed by atoms with E-state index < -0.39 is 11.4 Å². The Morgan fingerprint density at radius 2 is 1.71 bits per heavy atom. The van der Waals surface area contributed by atoms with Crippen LogP contribution in [0.1, 0.15) is 52.9 Å². The Kier molecular flexibility index (Phi) is 6.85. The fraction of sp³-hybridized carbons (Fsp3) is 0.846. The summed E-state index contributed by atoms with van der Waals surface area (Å²) in [6.45, 7) is 6.43. The highest BCUT2D eigenvalue weighted by molar-refractivity contribution is 5.84. The molecule has 17 heavy (non-hydrogen) atoms. The highest BCUT2D eigenvalue weighted by atomic mass is 16.4. The molecule has 0 aliphatic carbocycles. The second-order valence-electron chi connectivity index (χ2n) is 4.64. The van der Waals surface area contributed by atoms with Crippen molar-refractivity contribution in [1.82, 2.24) is 4.90 Å². The third-order valence-electron chi connectivity index (χ3n) is 3.57. The van der Waals surface area contributed by atoms with Gasteiger partial charge in [-0.1, -0.05) is 27.2 Å². The van der Waals surface area contributed by atoms with Crippen LogP contribution in [-0.4, -0.2) is 35.5 Å². The molecule has 0 aliphatic heterocycles. The molecule has 0 fully saturated rings. The molecule has 1 N–H and O–H groups in total. The Hall–Kier alpha value is -1.06. The topological polar surface area (TPSA) is 57.6 Å². The number of unbranched alkanes of at least 4 members (excludes halogenated alkanes) is 1. The van der Waals surface area contributed by atoms with E-state index in [2.05, 4.69) is 6.92 Å². The van der Waals surface area contributed by atoms with Crippen molar-refractivity contribution in [2.24, 2.45) is 5.41 Å². The highest BCUT2D eigenvalue weighted by Gasteiger charge is 2.37. The molecule has 0 aromatic heterocycles. The summed E-state index contributed by atoms with van der Waals surface area (Å²) in [7, 11) is 1.75. The summed E-state index contributed by atoms with van der Waals surface area (Å²) in [4.78, 5) is 24.9. The zero-order valence-corrected chi connectivity index (χ0v) is 11.5. The van der Waals surface area contributed by atoms with Crippen LogP contribution >= 0.6 is 0 Å². The number of nitrogens with zero attached hydrogens (tertiary/aromatic N) is 1. The van der Waals surface area contributed by atoms with Gasteiger partial charge in [-0.05, 0) is 19.3 Å². The molecule has 0 spiro atoms. The molecule has 0 saturated carbocycles. The van der Waals surface area contributed by atoms with E-state index in [0.29, 0.717) is 19.4 Å². The van der Waals surface area contributed by atoms with Gasteiger partial charge < -0.3 is 10.0 Å². The summed E-state index contributed by atoms with van der Waals surface area (Å²) in [5.74, 6) is -0.927. The fourth-order valence-electron chi connectivity index (χ4n) is 1.82. The molecule has 4 heteroatoms. The fourth-order valence-corrected chi connectivity index (χ4v) is 1.82. The molecule has 4 nitrogen and oxygen atoms in total. The van der Waals surface area contributed by atoms with Gasteiger partial charge >= 0.3 is 5.97 Å². The van der Waals surface area contributed by atoms with Crippen LogP contribution in [0.15, 0.2) is 0 Å². The molecule has 1 amide bonds. The summed E-state index contributed by atoms with van der Waals surface area (Å²) in [6, 6.07) is 0. The molecule has 100 valence electrons. The largest absolute Gasteiger partial charge is 0.481 e. The molecule has 0 aliphatic rings. The number of carbonyl (C=O) groups is 2. The summed E-state index contributed by atoms with van der Waals surface area (Å²) in [5, 5.41) is 9.26. The molecule has 0 aromatic rings. The number of amides is 1. The van der Waals surface area contributed by atoms with Crippen molar-refractivity contribution in [3.8, 4) is 0 Å². The van der Waals surface area contributed by atoms with E-state index in [1.807, 2.05) is 13.8 Å². The molecule has 0 unspecified atom stereocenters. The molecule has 0 bridgehead atoms. The number of hydrogen-bond donors (Lipinski definition) is 1. The first-order chi connectivity index (χ1) is 7.93. The van der Waals surface area contributed by atoms with Crippen LogP contribution in [0.3, 0.4) is 0 Å². The van der Waals surface area contributed by atoms with Crippen LogP contribution in [0.2, 0.25) is 0 Å². The van der Waals surface area contributed by atoms with E-state index >= 15 is 0 Å². The van der Waals surface area contributed by atoms with Gasteiger partial charge in [-0.2, -0.15) is 0 Å². The Labute approximate surface area is 104 Å². The molecular formula is C13H25NO3. The lowest BCUT2D eigenvalue weighted by Crippen LogP contribution is -2.38. The van der Waals surface area contributed by atoms with Crippen LogP contribution in [-0.2, 0) is 9.59 Å². The van der Waals surface area contributed by atoms with E-state index in [0.717, 1.165) is 12.8 Å². The predicted molar refractivity (Wildman–Crippen MR) is 67.8 cm³/mol. The van der Waals surface area contributed by atoms with E-state index in [4.69, 9.17) is 0 Å². The van der Waals surface area contributed by atoms with Gasteiger partial charge in [0, 0.05) is 20.0 Å². The average molecular weight is 243 g/mol. The van der Waals surface area contributed by atoms with Crippen LogP contribution in [0, 0.1) is 5.41 Å². The van der Waals surface area contributed by atoms with Crippen molar-refractivity contribution in [1.29, 1.82) is 0 Å². The van der Waals surface area contributed by atoms with E-state index in [1.165, 1.54) is 0 Å². The van der Waals surface area contributed by atoms with E-state index in [-0.39, 0.29) is 12.3 Å². The van der Waals surface area contributed by atoms with Gasteiger partial charge in [-0.3, -0.25) is 9.59 Å². The lowest BCUT2D eigenvalue weighted by Gasteiger charge is -2.28. The smallest absolute Gasteiger partial charge is 0.310 e. The molecule has 0 heterocycles. The Balaban J connectivity index is 4.56. The maximum absolute atomic E-state index is 11.9. The van der Waals surface area contributed by atoms with Gasteiger partial charge in [0.15, 0.2) is 0 Å². The molecule has 0 radical (unpaired) electrons. The summed E-state index contributed by atoms with van der Waals surface area (Å²) in [6.07, 6.45) is 3.08. The minimum atomic E-state index is -0.891. The van der Waals surface area contributed by atoms with Crippen molar-refractivity contribution in [2.45, 2.75) is 52.9 Å². The normalized spacial score (nSPS) is 11.3. The zero-order valence-electron chi connectivity index (χ0n) is 11.5. The predicted octanol–water partition coefficient (Wildman–Crippen LogP) is 2.53. The van der Waals surface area contributed by atoms with Gasteiger partial charge in [0.25, 0.3) is 0 Å². The minimum absolute atomic E-state index is 0.0652. The van der Waals surface area contributed by atoms with Crippen LogP contribution in [0.4, 0.5) is 0 Å². The van der Waals surface area contributed by atoms with Crippen LogP contribution in [0.25, 0.3) is 0 Å². The van der Waals surface area contributed by atoms with Gasteiger partial charge in [0.05, 0.1) is 5.41 Å². The minimum Gasteiger partial charge on any atom is -0.481 e. The first kappa shape index (κ1) is 15.9. The Bertz CT molecular complexity index is 259. The van der Waals surface area contributed by atoms with Crippen LogP contribution in [0.5, 0.6) is 0 Å². The standard InChI is InChI=1S/C13H25NO3/c1-5-8-9-14(4)11(15)10-13(6-2,7-3)12(16)17/h5-10H2,1-4H3,(H,16,17). The van der Waals surface area contributed by atoms with Gasteiger partial charge in [0.1, 0.15) is 0 Å². The third-order valence-corrected chi connectivity index (χ3v) is 3.57. The molecule has 0 aromatic carbocycles. The van der Waals surface area contributed by atoms with Gasteiger partial charge in [-0.25, -0.2) is 0 Å². The van der Waals surface area contributed by atoms with Crippen molar-refractivity contribution >= 4 is 11.9 Å². The number of carboxylic acids is 1. The summed E-state index contributed by atoms with van der Waals surface area (Å²) >= 11 is 0. The monoisotopic (exact) mass is 243 g/mol. The van der Waals surface area contributed by atoms with Crippen molar-refractivity contribution in [3.05, 3.63) is 0 Å². The first-order valence-electron chi connectivity index (χ1n) is 6.40. The molecule has 0 rings (SSSR count). The first-order valence-corrected chi connectivity index (χ1v) is 6.40. The van der Waals surface area contributed by atoms with Crippen molar-refractivity contribution in [3.63, 3.8) is 0 Å². The molecule has 0 atom stereocenters. The molecular weight excluding hydrogens is 218 g/mol. The zero-order chi connectivity index (χ0) is 13.5. The SMILES string of the molecule is CCCCN(C)C(=O)CC(CC)(CC)C(=O)O. The quantitative estimate of drug-likeness (QED) is 0.712. The van der Waals surface area contributed by atoms with Crippen LogP contribution < -0.4 is 0 Å². The third kappa shape index (κ3) is 4.36. The number of hydrogen-bond acceptors (Lipinski definition) is 2. The second-order valence-corrected chi connectivity index (χ2v) is 4.64. The average Bonchev–Trinajstić information content (AvgIpc) is 2.32. The number of carboxylic acid groups (broad SMARTS) is 1. The number of aliphatic carboxylic acids is 1. The maximum Gasteiger partial charge on any atom is 0.310 e. The second kappa shape index (κ2) is 7.30. The number of carbonyl (C=O) groups excluding carboxylic acids is 1. The highest BCUT2D eigenvalue weighted by Crippen LogP contribution is 2.31. The van der Waals surface area contributed by atoms with Crippen molar-refractivity contribution < 1.29 is 14.7 Å². The lowest BCUT2D eigenvalue weighted by molar-refractivity contribution is -0.154. The lowest BCUT2D eigenvalue weighted by atomic mass is 9.79. The van der Waals surface area contributed by atoms with Gasteiger partial charge in [0.2, 0.25) is 5.91 Å². The van der Waals surface area contributed by atoms with E-state index in [1.54, 1.807) is 11.9 Å². The summed E-state index contributed by atoms with van der Waals surface area (Å²) < 4.78 is 0. The van der Waals surface area contributed by atoms with Crippen molar-refractivity contribution in [2.75, 3.05) is 13.6 Å². The maximum atomic E-state index is 11.9. The Morgan fingerprint density at radius 1 is 1.18 bits per heavy atom.